The Hall–Kier alpha value is -2.06. The molecule has 19 heavy (non-hydrogen) atoms. The third kappa shape index (κ3) is 2.27. The topological polar surface area (TPSA) is 9.23 Å². The normalized spacial score (nSPS) is 10.4. The summed E-state index contributed by atoms with van der Waals surface area (Å²) in [6.07, 6.45) is 0. The van der Waals surface area contributed by atoms with Crippen molar-refractivity contribution in [1.82, 2.24) is 0 Å². The van der Waals surface area contributed by atoms with Crippen LogP contribution in [0.15, 0.2) is 66.0 Å². The van der Waals surface area contributed by atoms with Crippen LogP contribution in [0.4, 0.5) is 0 Å². The van der Waals surface area contributed by atoms with Gasteiger partial charge in [0.15, 0.2) is 0 Å². The van der Waals surface area contributed by atoms with Crippen LogP contribution >= 0.6 is 11.3 Å². The van der Waals surface area contributed by atoms with Gasteiger partial charge in [0.2, 0.25) is 0 Å². The lowest BCUT2D eigenvalue weighted by Gasteiger charge is -2.09. The molecular weight excluding hydrogens is 252 g/mol. The highest BCUT2D eigenvalue weighted by atomic mass is 32.1. The Morgan fingerprint density at radius 2 is 1.53 bits per heavy atom. The molecule has 1 aromatic heterocycles. The number of benzene rings is 2. The Morgan fingerprint density at radius 1 is 0.789 bits per heavy atom. The van der Waals surface area contributed by atoms with Crippen LogP contribution in [0.5, 0.6) is 5.75 Å². The van der Waals surface area contributed by atoms with Crippen molar-refractivity contribution in [2.24, 2.45) is 0 Å². The molecule has 0 atom stereocenters. The molecule has 0 saturated heterocycles. The van der Waals surface area contributed by atoms with E-state index < -0.39 is 0 Å². The molecule has 2 aromatic carbocycles. The summed E-state index contributed by atoms with van der Waals surface area (Å²) < 4.78 is 5.47. The maximum Gasteiger partial charge on any atom is 0.127 e. The van der Waals surface area contributed by atoms with Gasteiger partial charge in [0.05, 0.1) is 7.11 Å². The summed E-state index contributed by atoms with van der Waals surface area (Å²) in [6.45, 7) is 0. The SMILES string of the molecule is COc1ccccc1-c1sccc1-c1ccccc1. The van der Waals surface area contributed by atoms with E-state index in [2.05, 4.69) is 41.8 Å². The summed E-state index contributed by atoms with van der Waals surface area (Å²) in [5, 5.41) is 2.13. The molecule has 94 valence electrons. The van der Waals surface area contributed by atoms with Gasteiger partial charge in [-0.15, -0.1) is 11.3 Å². The van der Waals surface area contributed by atoms with E-state index in [-0.39, 0.29) is 0 Å². The second kappa shape index (κ2) is 5.29. The van der Waals surface area contributed by atoms with E-state index in [0.717, 1.165) is 11.3 Å². The summed E-state index contributed by atoms with van der Waals surface area (Å²) in [5.74, 6) is 0.919. The van der Waals surface area contributed by atoms with Crippen LogP contribution in [0.25, 0.3) is 21.6 Å². The van der Waals surface area contributed by atoms with Gasteiger partial charge >= 0.3 is 0 Å². The molecule has 0 aliphatic rings. The van der Waals surface area contributed by atoms with Gasteiger partial charge in [-0.25, -0.2) is 0 Å². The zero-order valence-corrected chi connectivity index (χ0v) is 11.5. The minimum atomic E-state index is 0.919. The molecule has 0 aliphatic carbocycles. The van der Waals surface area contributed by atoms with Crippen LogP contribution in [0.3, 0.4) is 0 Å². The van der Waals surface area contributed by atoms with Crippen molar-refractivity contribution in [2.75, 3.05) is 7.11 Å². The van der Waals surface area contributed by atoms with Gasteiger partial charge in [-0.3, -0.25) is 0 Å². The third-order valence-electron chi connectivity index (χ3n) is 3.10. The first kappa shape index (κ1) is 12.0. The van der Waals surface area contributed by atoms with E-state index in [9.17, 15) is 0 Å². The molecule has 0 bridgehead atoms. The Bertz CT molecular complexity index is 670. The molecule has 0 fully saturated rings. The Morgan fingerprint density at radius 3 is 2.32 bits per heavy atom. The molecule has 1 heterocycles. The number of thiophene rings is 1. The molecule has 0 saturated carbocycles. The van der Waals surface area contributed by atoms with E-state index in [1.165, 1.54) is 16.0 Å². The van der Waals surface area contributed by atoms with E-state index in [1.807, 2.05) is 24.3 Å². The zero-order valence-electron chi connectivity index (χ0n) is 10.7. The van der Waals surface area contributed by atoms with Gasteiger partial charge in [-0.1, -0.05) is 42.5 Å². The lowest BCUT2D eigenvalue weighted by molar-refractivity contribution is 0.416. The van der Waals surface area contributed by atoms with Crippen molar-refractivity contribution in [1.29, 1.82) is 0 Å². The predicted molar refractivity (Wildman–Crippen MR) is 81.7 cm³/mol. The molecule has 0 N–H and O–H groups in total. The molecule has 0 spiro atoms. The van der Waals surface area contributed by atoms with Gasteiger partial charge in [-0.05, 0) is 29.1 Å². The number of methoxy groups -OCH3 is 1. The molecule has 0 aliphatic heterocycles. The lowest BCUT2D eigenvalue weighted by Crippen LogP contribution is -1.86. The molecule has 1 nitrogen and oxygen atoms in total. The summed E-state index contributed by atoms with van der Waals surface area (Å²) in [6, 6.07) is 20.8. The molecular formula is C17H14OS. The first-order chi connectivity index (χ1) is 9.40. The second-order valence-electron chi connectivity index (χ2n) is 4.23. The highest BCUT2D eigenvalue weighted by Crippen LogP contribution is 2.40. The van der Waals surface area contributed by atoms with Crippen molar-refractivity contribution >= 4 is 11.3 Å². The molecule has 0 amide bonds. The maximum atomic E-state index is 5.47. The molecule has 3 rings (SSSR count). The number of hydrogen-bond acceptors (Lipinski definition) is 2. The Balaban J connectivity index is 2.15. The summed E-state index contributed by atoms with van der Waals surface area (Å²) in [7, 11) is 1.72. The van der Waals surface area contributed by atoms with E-state index >= 15 is 0 Å². The van der Waals surface area contributed by atoms with Crippen molar-refractivity contribution in [3.05, 3.63) is 66.0 Å². The van der Waals surface area contributed by atoms with Crippen LogP contribution in [-0.2, 0) is 0 Å². The van der Waals surface area contributed by atoms with Gasteiger partial charge < -0.3 is 4.74 Å². The molecule has 0 radical (unpaired) electrons. The zero-order chi connectivity index (χ0) is 13.1. The smallest absolute Gasteiger partial charge is 0.127 e. The van der Waals surface area contributed by atoms with Crippen LogP contribution in [0, 0.1) is 0 Å². The van der Waals surface area contributed by atoms with Crippen molar-refractivity contribution < 1.29 is 4.74 Å². The fourth-order valence-electron chi connectivity index (χ4n) is 2.20. The first-order valence-corrected chi connectivity index (χ1v) is 7.04. The highest BCUT2D eigenvalue weighted by molar-refractivity contribution is 7.14. The predicted octanol–water partition coefficient (Wildman–Crippen LogP) is 5.09. The summed E-state index contributed by atoms with van der Waals surface area (Å²) in [5.41, 5.74) is 3.65. The van der Waals surface area contributed by atoms with Crippen molar-refractivity contribution in [3.8, 4) is 27.3 Å². The number of hydrogen-bond donors (Lipinski definition) is 0. The standard InChI is InChI=1S/C17H14OS/c1-18-16-10-6-5-9-15(16)17-14(11-12-19-17)13-7-3-2-4-8-13/h2-12H,1H3. The number of para-hydroxylation sites is 1. The third-order valence-corrected chi connectivity index (χ3v) is 4.05. The summed E-state index contributed by atoms with van der Waals surface area (Å²) in [4.78, 5) is 1.25. The van der Waals surface area contributed by atoms with Crippen LogP contribution < -0.4 is 4.74 Å². The van der Waals surface area contributed by atoms with Gasteiger partial charge in [0.1, 0.15) is 5.75 Å². The fraction of sp³-hybridized carbons (Fsp3) is 0.0588. The van der Waals surface area contributed by atoms with E-state index in [0.29, 0.717) is 0 Å². The summed E-state index contributed by atoms with van der Waals surface area (Å²) >= 11 is 1.75. The maximum absolute atomic E-state index is 5.47. The average molecular weight is 266 g/mol. The Labute approximate surface area is 117 Å². The van der Waals surface area contributed by atoms with Crippen LogP contribution in [-0.4, -0.2) is 7.11 Å². The van der Waals surface area contributed by atoms with Gasteiger partial charge in [0.25, 0.3) is 0 Å². The number of rotatable bonds is 3. The largest absolute Gasteiger partial charge is 0.496 e. The lowest BCUT2D eigenvalue weighted by atomic mass is 10.0. The first-order valence-electron chi connectivity index (χ1n) is 6.16. The van der Waals surface area contributed by atoms with E-state index in [4.69, 9.17) is 4.74 Å². The Kier molecular flexibility index (Phi) is 3.34. The quantitative estimate of drug-likeness (QED) is 0.641. The molecule has 2 heteroatoms. The van der Waals surface area contributed by atoms with Crippen molar-refractivity contribution in [3.63, 3.8) is 0 Å². The van der Waals surface area contributed by atoms with Gasteiger partial charge in [0, 0.05) is 16.0 Å². The average Bonchev–Trinajstić information content (AvgIpc) is 2.97. The monoisotopic (exact) mass is 266 g/mol. The molecule has 3 aromatic rings. The minimum absolute atomic E-state index is 0.919. The van der Waals surface area contributed by atoms with Crippen LogP contribution in [0.1, 0.15) is 0 Å². The second-order valence-corrected chi connectivity index (χ2v) is 5.15. The highest BCUT2D eigenvalue weighted by Gasteiger charge is 2.12. The van der Waals surface area contributed by atoms with E-state index in [1.54, 1.807) is 18.4 Å². The number of ether oxygens (including phenoxy) is 1. The fourth-order valence-corrected chi connectivity index (χ4v) is 3.14. The van der Waals surface area contributed by atoms with Gasteiger partial charge in [-0.2, -0.15) is 0 Å². The van der Waals surface area contributed by atoms with Crippen LogP contribution in [0.2, 0.25) is 0 Å². The van der Waals surface area contributed by atoms with Crippen molar-refractivity contribution in [2.45, 2.75) is 0 Å². The minimum Gasteiger partial charge on any atom is -0.496 e. The molecule has 0 unspecified atom stereocenters.